The number of halogens is 1. The van der Waals surface area contributed by atoms with Gasteiger partial charge in [0, 0.05) is 9.35 Å². The Balaban J connectivity index is 3.15. The maximum absolute atomic E-state index is 10.4. The van der Waals surface area contributed by atoms with E-state index in [1.54, 1.807) is 6.07 Å². The van der Waals surface area contributed by atoms with E-state index in [1.165, 1.54) is 11.3 Å². The van der Waals surface area contributed by atoms with Gasteiger partial charge in [0.15, 0.2) is 0 Å². The van der Waals surface area contributed by atoms with Gasteiger partial charge in [-0.2, -0.15) is 0 Å². The van der Waals surface area contributed by atoms with E-state index in [0.29, 0.717) is 9.35 Å². The molecule has 10 heavy (non-hydrogen) atoms. The summed E-state index contributed by atoms with van der Waals surface area (Å²) in [6, 6.07) is 1.80. The molecule has 0 fully saturated rings. The maximum Gasteiger partial charge on any atom is 0.347 e. The fraction of sp³-hybridized carbons (Fsp3) is 0.167. The van der Waals surface area contributed by atoms with E-state index in [2.05, 4.69) is 15.9 Å². The molecule has 4 heteroatoms. The van der Waals surface area contributed by atoms with Gasteiger partial charge in [-0.15, -0.1) is 11.3 Å². The van der Waals surface area contributed by atoms with Crippen molar-refractivity contribution in [3.63, 3.8) is 0 Å². The summed E-state index contributed by atoms with van der Waals surface area (Å²) in [5.41, 5.74) is 0. The average Bonchev–Trinajstić information content (AvgIpc) is 2.10. The third-order valence-electron chi connectivity index (χ3n) is 1.00. The average molecular weight is 221 g/mol. The minimum atomic E-state index is -0.870. The van der Waals surface area contributed by atoms with Crippen LogP contribution in [-0.4, -0.2) is 11.1 Å². The molecular formula is C6H5BrO2S. The lowest BCUT2D eigenvalue weighted by Crippen LogP contribution is -1.91. The number of carboxylic acids is 1. The summed E-state index contributed by atoms with van der Waals surface area (Å²) in [6.07, 6.45) is 0. The van der Waals surface area contributed by atoms with Gasteiger partial charge in [-0.25, -0.2) is 4.79 Å². The van der Waals surface area contributed by atoms with Crippen molar-refractivity contribution in [2.75, 3.05) is 0 Å². The zero-order valence-corrected chi connectivity index (χ0v) is 7.62. The van der Waals surface area contributed by atoms with Crippen LogP contribution in [0.2, 0.25) is 0 Å². The highest BCUT2D eigenvalue weighted by atomic mass is 79.9. The largest absolute Gasteiger partial charge is 0.477 e. The number of aromatic carboxylic acids is 1. The topological polar surface area (TPSA) is 37.3 Å². The molecule has 2 nitrogen and oxygen atoms in total. The third-order valence-corrected chi connectivity index (χ3v) is 2.93. The van der Waals surface area contributed by atoms with Crippen LogP contribution in [0, 0.1) is 6.92 Å². The first kappa shape index (κ1) is 7.75. The molecule has 0 atom stereocenters. The summed E-state index contributed by atoms with van der Waals surface area (Å²) in [6.45, 7) is 1.88. The Bertz CT molecular complexity index is 267. The van der Waals surface area contributed by atoms with Crippen LogP contribution in [0.3, 0.4) is 0 Å². The van der Waals surface area contributed by atoms with Crippen molar-refractivity contribution in [3.05, 3.63) is 20.3 Å². The van der Waals surface area contributed by atoms with Crippen LogP contribution in [0.5, 0.6) is 0 Å². The summed E-state index contributed by atoms with van der Waals surface area (Å²) in [5.74, 6) is -0.870. The van der Waals surface area contributed by atoms with Gasteiger partial charge in [0.1, 0.15) is 4.88 Å². The van der Waals surface area contributed by atoms with Crippen LogP contribution < -0.4 is 0 Å². The predicted octanol–water partition coefficient (Wildman–Crippen LogP) is 2.52. The fourth-order valence-corrected chi connectivity index (χ4v) is 2.28. The second kappa shape index (κ2) is 2.72. The predicted molar refractivity (Wildman–Crippen MR) is 43.7 cm³/mol. The van der Waals surface area contributed by atoms with E-state index in [0.717, 1.165) is 4.88 Å². The number of hydrogen-bond donors (Lipinski definition) is 1. The molecule has 0 unspecified atom stereocenters. The van der Waals surface area contributed by atoms with Gasteiger partial charge < -0.3 is 5.11 Å². The van der Waals surface area contributed by atoms with E-state index >= 15 is 0 Å². The molecular weight excluding hydrogens is 216 g/mol. The molecule has 0 aliphatic heterocycles. The van der Waals surface area contributed by atoms with E-state index in [-0.39, 0.29) is 0 Å². The van der Waals surface area contributed by atoms with Crippen molar-refractivity contribution in [2.24, 2.45) is 0 Å². The van der Waals surface area contributed by atoms with Crippen LogP contribution in [0.25, 0.3) is 0 Å². The Labute approximate surface area is 70.6 Å². The lowest BCUT2D eigenvalue weighted by Gasteiger charge is -1.84. The molecule has 0 radical (unpaired) electrons. The van der Waals surface area contributed by atoms with Gasteiger partial charge >= 0.3 is 5.97 Å². The zero-order chi connectivity index (χ0) is 7.72. The molecule has 1 aromatic rings. The molecule has 0 aliphatic carbocycles. The lowest BCUT2D eigenvalue weighted by atomic mass is 10.4. The molecule has 0 amide bonds. The van der Waals surface area contributed by atoms with Crippen LogP contribution in [0.15, 0.2) is 10.5 Å². The molecule has 0 spiro atoms. The van der Waals surface area contributed by atoms with Crippen molar-refractivity contribution in [1.82, 2.24) is 0 Å². The van der Waals surface area contributed by atoms with E-state index < -0.39 is 5.97 Å². The van der Waals surface area contributed by atoms with Gasteiger partial charge in [-0.3, -0.25) is 0 Å². The van der Waals surface area contributed by atoms with Crippen LogP contribution in [-0.2, 0) is 0 Å². The third kappa shape index (κ3) is 1.38. The van der Waals surface area contributed by atoms with Gasteiger partial charge in [0.25, 0.3) is 0 Å². The molecule has 1 rings (SSSR count). The minimum Gasteiger partial charge on any atom is -0.477 e. The summed E-state index contributed by atoms with van der Waals surface area (Å²) in [5, 5.41) is 8.56. The maximum atomic E-state index is 10.4. The molecule has 0 aliphatic rings. The first-order chi connectivity index (χ1) is 4.61. The van der Waals surface area contributed by atoms with Crippen molar-refractivity contribution >= 4 is 33.2 Å². The van der Waals surface area contributed by atoms with Crippen molar-refractivity contribution < 1.29 is 9.90 Å². The summed E-state index contributed by atoms with van der Waals surface area (Å²) in [7, 11) is 0. The number of thiophene rings is 1. The first-order valence-electron chi connectivity index (χ1n) is 2.60. The SMILES string of the molecule is Cc1cc(Br)c(C(=O)O)s1. The summed E-state index contributed by atoms with van der Waals surface area (Å²) >= 11 is 4.42. The number of aryl methyl sites for hydroxylation is 1. The molecule has 0 saturated heterocycles. The number of carbonyl (C=O) groups is 1. The second-order valence-corrected chi connectivity index (χ2v) is 3.95. The lowest BCUT2D eigenvalue weighted by molar-refractivity contribution is 0.0701. The van der Waals surface area contributed by atoms with E-state index in [9.17, 15) is 4.79 Å². The summed E-state index contributed by atoms with van der Waals surface area (Å²) in [4.78, 5) is 11.8. The van der Waals surface area contributed by atoms with Gasteiger partial charge in [0.2, 0.25) is 0 Å². The van der Waals surface area contributed by atoms with Crippen molar-refractivity contribution in [3.8, 4) is 0 Å². The highest BCUT2D eigenvalue weighted by molar-refractivity contribution is 9.10. The Kier molecular flexibility index (Phi) is 2.11. The summed E-state index contributed by atoms with van der Waals surface area (Å²) < 4.78 is 0.669. The van der Waals surface area contributed by atoms with Gasteiger partial charge in [-0.05, 0) is 28.9 Å². The standard InChI is InChI=1S/C6H5BrO2S/c1-3-2-4(7)5(10-3)6(8)9/h2H,1H3,(H,8,9). The molecule has 1 aromatic heterocycles. The molecule has 0 saturated carbocycles. The van der Waals surface area contributed by atoms with Crippen LogP contribution in [0.4, 0.5) is 0 Å². The second-order valence-electron chi connectivity index (χ2n) is 1.84. The van der Waals surface area contributed by atoms with Crippen molar-refractivity contribution in [2.45, 2.75) is 6.92 Å². The van der Waals surface area contributed by atoms with Crippen LogP contribution in [0.1, 0.15) is 14.5 Å². The monoisotopic (exact) mass is 220 g/mol. The zero-order valence-electron chi connectivity index (χ0n) is 5.22. The number of hydrogen-bond acceptors (Lipinski definition) is 2. The fourth-order valence-electron chi connectivity index (χ4n) is 0.629. The Morgan fingerprint density at radius 1 is 1.80 bits per heavy atom. The Morgan fingerprint density at radius 2 is 2.40 bits per heavy atom. The molecule has 54 valence electrons. The Hall–Kier alpha value is -0.350. The Morgan fingerprint density at radius 3 is 2.60 bits per heavy atom. The normalized spacial score (nSPS) is 9.80. The molecule has 0 aromatic carbocycles. The minimum absolute atomic E-state index is 0.373. The molecule has 1 heterocycles. The smallest absolute Gasteiger partial charge is 0.347 e. The number of rotatable bonds is 1. The van der Waals surface area contributed by atoms with Crippen LogP contribution >= 0.6 is 27.3 Å². The van der Waals surface area contributed by atoms with E-state index in [4.69, 9.17) is 5.11 Å². The quantitative estimate of drug-likeness (QED) is 0.790. The molecule has 0 bridgehead atoms. The van der Waals surface area contributed by atoms with E-state index in [1.807, 2.05) is 6.92 Å². The highest BCUT2D eigenvalue weighted by Gasteiger charge is 2.10. The van der Waals surface area contributed by atoms with Gasteiger partial charge in [0.05, 0.1) is 0 Å². The van der Waals surface area contributed by atoms with Gasteiger partial charge in [-0.1, -0.05) is 0 Å². The molecule has 1 N–H and O–H groups in total. The first-order valence-corrected chi connectivity index (χ1v) is 4.21. The van der Waals surface area contributed by atoms with Crippen molar-refractivity contribution in [1.29, 1.82) is 0 Å². The highest BCUT2D eigenvalue weighted by Crippen LogP contribution is 2.26. The number of carboxylic acid groups (broad SMARTS) is 1.